The van der Waals surface area contributed by atoms with Crippen LogP contribution in [0.1, 0.15) is 12.0 Å². The molecule has 2 aromatic rings. The monoisotopic (exact) mass is 513 g/mol. The number of carbonyl (C=O) groups excluding carboxylic acids is 2. The number of rotatable bonds is 4. The quantitative estimate of drug-likeness (QED) is 0.595. The summed E-state index contributed by atoms with van der Waals surface area (Å²) in [5.41, 5.74) is 2.35. The van der Waals surface area contributed by atoms with E-state index >= 15 is 0 Å². The maximum atomic E-state index is 12.5. The Hall–Kier alpha value is -1.58. The number of hydrogen-bond donors (Lipinski definition) is 1. The van der Waals surface area contributed by atoms with E-state index in [4.69, 9.17) is 11.6 Å². The Balaban J connectivity index is 1.67. The summed E-state index contributed by atoms with van der Waals surface area (Å²) in [7, 11) is 1.68. The molecule has 1 aliphatic rings. The number of halogens is 2. The van der Waals surface area contributed by atoms with Gasteiger partial charge in [-0.1, -0.05) is 23.4 Å². The highest BCUT2D eigenvalue weighted by Crippen LogP contribution is 2.31. The first-order valence-corrected chi connectivity index (χ1v) is 10.5. The second kappa shape index (κ2) is 8.62. The first-order chi connectivity index (χ1) is 12.8. The number of anilines is 1. The van der Waals surface area contributed by atoms with Crippen molar-refractivity contribution in [1.29, 1.82) is 0 Å². The molecule has 2 aromatic carbocycles. The summed E-state index contributed by atoms with van der Waals surface area (Å²) in [4.78, 5) is 30.9. The maximum absolute atomic E-state index is 12.5. The zero-order valence-corrected chi connectivity index (χ0v) is 18.4. The summed E-state index contributed by atoms with van der Waals surface area (Å²) in [5.74, 6) is -0.331. The SMILES string of the molecule is Cc1cc(Cl)ccc1NC(=O)C[C@@H]1SC(=Nc2ccc(I)cc2)N(C)C1=O. The zero-order valence-electron chi connectivity index (χ0n) is 14.7. The third-order valence-corrected chi connectivity index (χ3v) is 6.21. The predicted octanol–water partition coefficient (Wildman–Crippen LogP) is 4.84. The molecule has 0 radical (unpaired) electrons. The second-order valence-corrected chi connectivity index (χ2v) is 8.94. The number of amides is 2. The van der Waals surface area contributed by atoms with Gasteiger partial charge in [-0.3, -0.25) is 14.5 Å². The normalized spacial score (nSPS) is 18.2. The van der Waals surface area contributed by atoms with Crippen LogP contribution in [0.5, 0.6) is 0 Å². The van der Waals surface area contributed by atoms with Crippen LogP contribution in [0.4, 0.5) is 11.4 Å². The fraction of sp³-hybridized carbons (Fsp3) is 0.211. The van der Waals surface area contributed by atoms with E-state index in [1.54, 1.807) is 25.2 Å². The molecule has 1 fully saturated rings. The minimum atomic E-state index is -0.481. The molecule has 8 heteroatoms. The number of carbonyl (C=O) groups is 2. The highest BCUT2D eigenvalue weighted by molar-refractivity contribution is 14.1. The number of nitrogens with zero attached hydrogens (tertiary/aromatic N) is 2. The van der Waals surface area contributed by atoms with Crippen LogP contribution in [-0.4, -0.2) is 34.2 Å². The van der Waals surface area contributed by atoms with Crippen molar-refractivity contribution in [3.05, 3.63) is 56.6 Å². The Labute approximate surface area is 180 Å². The average molecular weight is 514 g/mol. The van der Waals surface area contributed by atoms with Crippen molar-refractivity contribution < 1.29 is 9.59 Å². The summed E-state index contributed by atoms with van der Waals surface area (Å²) < 4.78 is 1.12. The Morgan fingerprint density at radius 2 is 2.00 bits per heavy atom. The smallest absolute Gasteiger partial charge is 0.242 e. The largest absolute Gasteiger partial charge is 0.326 e. The lowest BCUT2D eigenvalue weighted by atomic mass is 10.2. The molecule has 0 aliphatic carbocycles. The van der Waals surface area contributed by atoms with E-state index in [1.165, 1.54) is 16.7 Å². The van der Waals surface area contributed by atoms with Crippen LogP contribution in [0.3, 0.4) is 0 Å². The lowest BCUT2D eigenvalue weighted by Crippen LogP contribution is -2.30. The van der Waals surface area contributed by atoms with Gasteiger partial charge in [-0.05, 0) is 77.5 Å². The van der Waals surface area contributed by atoms with Gasteiger partial charge in [0.15, 0.2) is 5.17 Å². The van der Waals surface area contributed by atoms with Crippen molar-refractivity contribution in [3.8, 4) is 0 Å². The van der Waals surface area contributed by atoms with E-state index < -0.39 is 5.25 Å². The molecule has 140 valence electrons. The van der Waals surface area contributed by atoms with Crippen molar-refractivity contribution in [1.82, 2.24) is 4.90 Å². The number of nitrogens with one attached hydrogen (secondary N) is 1. The number of amidine groups is 1. The van der Waals surface area contributed by atoms with E-state index in [-0.39, 0.29) is 18.2 Å². The van der Waals surface area contributed by atoms with Gasteiger partial charge >= 0.3 is 0 Å². The highest BCUT2D eigenvalue weighted by Gasteiger charge is 2.37. The topological polar surface area (TPSA) is 61.8 Å². The van der Waals surface area contributed by atoms with Gasteiger partial charge < -0.3 is 5.32 Å². The maximum Gasteiger partial charge on any atom is 0.242 e. The third kappa shape index (κ3) is 5.03. The van der Waals surface area contributed by atoms with E-state index in [2.05, 4.69) is 32.9 Å². The molecule has 0 saturated carbocycles. The van der Waals surface area contributed by atoms with Crippen molar-refractivity contribution >= 4 is 74.3 Å². The fourth-order valence-electron chi connectivity index (χ4n) is 2.56. The van der Waals surface area contributed by atoms with Gasteiger partial charge in [0, 0.05) is 27.7 Å². The number of hydrogen-bond acceptors (Lipinski definition) is 4. The standard InChI is InChI=1S/C19H17ClIN3O2S/c1-11-9-12(20)3-8-15(11)23-17(25)10-16-18(26)24(2)19(27-16)22-14-6-4-13(21)5-7-14/h3-9,16H,10H2,1-2H3,(H,23,25)/t16-/m0/s1. The first-order valence-electron chi connectivity index (χ1n) is 8.18. The highest BCUT2D eigenvalue weighted by atomic mass is 127. The van der Waals surface area contributed by atoms with E-state index in [0.717, 1.165) is 14.8 Å². The molecule has 2 amide bonds. The van der Waals surface area contributed by atoms with E-state index in [9.17, 15) is 9.59 Å². The van der Waals surface area contributed by atoms with Crippen LogP contribution in [0.2, 0.25) is 5.02 Å². The van der Waals surface area contributed by atoms with E-state index in [0.29, 0.717) is 15.9 Å². The van der Waals surface area contributed by atoms with Crippen molar-refractivity contribution in [3.63, 3.8) is 0 Å². The minimum absolute atomic E-state index is 0.0849. The zero-order chi connectivity index (χ0) is 19.6. The first kappa shape index (κ1) is 20.2. The minimum Gasteiger partial charge on any atom is -0.326 e. The molecule has 1 N–H and O–H groups in total. The molecule has 0 unspecified atom stereocenters. The van der Waals surface area contributed by atoms with Crippen molar-refractivity contribution in [2.45, 2.75) is 18.6 Å². The summed E-state index contributed by atoms with van der Waals surface area (Å²) in [6, 6.07) is 13.0. The Morgan fingerprint density at radius 1 is 1.30 bits per heavy atom. The Kier molecular flexibility index (Phi) is 6.44. The molecular formula is C19H17ClIN3O2S. The molecule has 1 aliphatic heterocycles. The molecule has 1 saturated heterocycles. The van der Waals surface area contributed by atoms with Crippen LogP contribution in [0.25, 0.3) is 0 Å². The molecule has 0 aromatic heterocycles. The summed E-state index contributed by atoms with van der Waals surface area (Å²) in [6.07, 6.45) is 0.0849. The van der Waals surface area contributed by atoms with Crippen LogP contribution >= 0.6 is 46.0 Å². The van der Waals surface area contributed by atoms with Crippen LogP contribution in [-0.2, 0) is 9.59 Å². The number of thioether (sulfide) groups is 1. The molecule has 0 bridgehead atoms. The van der Waals surface area contributed by atoms with Gasteiger partial charge in [-0.2, -0.15) is 0 Å². The van der Waals surface area contributed by atoms with Crippen molar-refractivity contribution in [2.75, 3.05) is 12.4 Å². The molecule has 1 heterocycles. The average Bonchev–Trinajstić information content (AvgIpc) is 2.87. The second-order valence-electron chi connectivity index (χ2n) is 6.09. The summed E-state index contributed by atoms with van der Waals surface area (Å²) >= 11 is 9.48. The van der Waals surface area contributed by atoms with E-state index in [1.807, 2.05) is 31.2 Å². The fourth-order valence-corrected chi connectivity index (χ4v) is 4.30. The Morgan fingerprint density at radius 3 is 2.67 bits per heavy atom. The lowest BCUT2D eigenvalue weighted by molar-refractivity contribution is -0.127. The summed E-state index contributed by atoms with van der Waals surface area (Å²) in [5, 5.41) is 3.58. The number of aryl methyl sites for hydroxylation is 1. The van der Waals surface area contributed by atoms with Gasteiger partial charge in [0.25, 0.3) is 0 Å². The molecule has 0 spiro atoms. The molecule has 1 atom stereocenters. The van der Waals surface area contributed by atoms with Gasteiger partial charge in [-0.15, -0.1) is 0 Å². The van der Waals surface area contributed by atoms with Gasteiger partial charge in [0.05, 0.1) is 5.69 Å². The predicted molar refractivity (Wildman–Crippen MR) is 120 cm³/mol. The molecular weight excluding hydrogens is 497 g/mol. The van der Waals surface area contributed by atoms with Gasteiger partial charge in [0.1, 0.15) is 5.25 Å². The Bertz CT molecular complexity index is 918. The number of aliphatic imine (C=N–C) groups is 1. The molecule has 5 nitrogen and oxygen atoms in total. The van der Waals surface area contributed by atoms with Crippen LogP contribution < -0.4 is 5.32 Å². The van der Waals surface area contributed by atoms with Gasteiger partial charge in [0.2, 0.25) is 11.8 Å². The number of benzene rings is 2. The molecule has 3 rings (SSSR count). The van der Waals surface area contributed by atoms with Crippen LogP contribution in [0, 0.1) is 10.5 Å². The van der Waals surface area contributed by atoms with Crippen molar-refractivity contribution in [2.24, 2.45) is 4.99 Å². The van der Waals surface area contributed by atoms with Crippen LogP contribution in [0.15, 0.2) is 47.5 Å². The summed E-state index contributed by atoms with van der Waals surface area (Å²) in [6.45, 7) is 1.87. The van der Waals surface area contributed by atoms with Gasteiger partial charge in [-0.25, -0.2) is 4.99 Å². The lowest BCUT2D eigenvalue weighted by Gasteiger charge is -2.11. The molecule has 27 heavy (non-hydrogen) atoms. The third-order valence-electron chi connectivity index (χ3n) is 4.03.